The van der Waals surface area contributed by atoms with Crippen molar-refractivity contribution < 1.29 is 8.83 Å². The molecule has 0 spiro atoms. The highest BCUT2D eigenvalue weighted by Gasteiger charge is 2.08. The Morgan fingerprint density at radius 2 is 1.92 bits per heavy atom. The average Bonchev–Trinajstić information content (AvgIpc) is 2.71. The van der Waals surface area contributed by atoms with Gasteiger partial charge in [-0.1, -0.05) is 0 Å². The molecule has 3 heterocycles. The van der Waals surface area contributed by atoms with Crippen molar-refractivity contribution in [3.63, 3.8) is 0 Å². The van der Waals surface area contributed by atoms with E-state index in [0.29, 0.717) is 22.3 Å². The molecule has 0 N–H and O–H groups in total. The third-order valence-corrected chi connectivity index (χ3v) is 1.66. The number of rotatable bonds is 0. The van der Waals surface area contributed by atoms with Crippen LogP contribution in [0.2, 0.25) is 0 Å². The predicted molar refractivity (Wildman–Crippen MR) is 39.4 cm³/mol. The van der Waals surface area contributed by atoms with Gasteiger partial charge in [-0.3, -0.25) is 0 Å². The molecule has 0 aliphatic rings. The number of pyridine rings is 1. The van der Waals surface area contributed by atoms with Crippen LogP contribution in [0.3, 0.4) is 0 Å². The second-order valence-electron chi connectivity index (χ2n) is 2.33. The van der Waals surface area contributed by atoms with E-state index < -0.39 is 0 Å². The quantitative estimate of drug-likeness (QED) is 0.498. The zero-order valence-corrected chi connectivity index (χ0v) is 5.89. The molecule has 0 unspecified atom stereocenters. The molecule has 3 aromatic rings. The highest BCUT2D eigenvalue weighted by atomic mass is 16.4. The lowest BCUT2D eigenvalue weighted by Crippen LogP contribution is -1.75. The number of fused-ring (bicyclic) bond motifs is 3. The molecule has 3 rings (SSSR count). The molecule has 0 amide bonds. The van der Waals surface area contributed by atoms with Gasteiger partial charge in [0.05, 0.1) is 6.20 Å². The summed E-state index contributed by atoms with van der Waals surface area (Å²) in [6, 6.07) is 0. The maximum Gasteiger partial charge on any atom is 0.250 e. The molecule has 3 aromatic heterocycles. The molecular formula is C7H3N3O2. The van der Waals surface area contributed by atoms with Crippen LogP contribution in [0.25, 0.3) is 22.3 Å². The van der Waals surface area contributed by atoms with Crippen LogP contribution in [-0.4, -0.2) is 15.0 Å². The van der Waals surface area contributed by atoms with E-state index in [4.69, 9.17) is 8.83 Å². The van der Waals surface area contributed by atoms with E-state index in [2.05, 4.69) is 15.0 Å². The van der Waals surface area contributed by atoms with Crippen LogP contribution >= 0.6 is 0 Å². The van der Waals surface area contributed by atoms with Crippen LogP contribution in [0.4, 0.5) is 0 Å². The third kappa shape index (κ3) is 0.554. The number of oxazole rings is 2. The highest BCUT2D eigenvalue weighted by molar-refractivity contribution is 5.94. The van der Waals surface area contributed by atoms with E-state index >= 15 is 0 Å². The summed E-state index contributed by atoms with van der Waals surface area (Å²) in [4.78, 5) is 11.9. The lowest BCUT2D eigenvalue weighted by molar-refractivity contribution is 0.590. The van der Waals surface area contributed by atoms with Crippen LogP contribution < -0.4 is 0 Å². The molecule has 0 atom stereocenters. The molecule has 58 valence electrons. The van der Waals surface area contributed by atoms with Gasteiger partial charge >= 0.3 is 0 Å². The predicted octanol–water partition coefficient (Wildman–Crippen LogP) is 1.36. The van der Waals surface area contributed by atoms with E-state index in [1.807, 2.05) is 0 Å². The first-order valence-electron chi connectivity index (χ1n) is 3.36. The minimum Gasteiger partial charge on any atom is -0.441 e. The van der Waals surface area contributed by atoms with Gasteiger partial charge in [0.25, 0.3) is 5.71 Å². The summed E-state index contributed by atoms with van der Waals surface area (Å²) in [7, 11) is 0. The van der Waals surface area contributed by atoms with Gasteiger partial charge < -0.3 is 8.83 Å². The molecule has 0 fully saturated rings. The van der Waals surface area contributed by atoms with Crippen molar-refractivity contribution in [3.8, 4) is 0 Å². The van der Waals surface area contributed by atoms with Gasteiger partial charge in [0, 0.05) is 0 Å². The first-order valence-corrected chi connectivity index (χ1v) is 3.36. The van der Waals surface area contributed by atoms with Gasteiger partial charge in [-0.25, -0.2) is 15.0 Å². The van der Waals surface area contributed by atoms with Crippen molar-refractivity contribution in [1.82, 2.24) is 15.0 Å². The molecule has 0 radical (unpaired) electrons. The van der Waals surface area contributed by atoms with Gasteiger partial charge in [-0.2, -0.15) is 0 Å². The summed E-state index contributed by atoms with van der Waals surface area (Å²) in [6.07, 6.45) is 4.28. The molecule has 0 aliphatic carbocycles. The minimum absolute atomic E-state index is 0.472. The van der Waals surface area contributed by atoms with Crippen molar-refractivity contribution in [2.45, 2.75) is 0 Å². The summed E-state index contributed by atoms with van der Waals surface area (Å²) in [5.74, 6) is 0. The Balaban J connectivity index is 2.71. The zero-order valence-electron chi connectivity index (χ0n) is 5.89. The van der Waals surface area contributed by atoms with Gasteiger partial charge in [0.2, 0.25) is 0 Å². The van der Waals surface area contributed by atoms with Crippen LogP contribution in [0.15, 0.2) is 27.8 Å². The number of nitrogens with zero attached hydrogens (tertiary/aromatic N) is 3. The molecular weight excluding hydrogens is 158 g/mol. The van der Waals surface area contributed by atoms with Gasteiger partial charge in [0.1, 0.15) is 5.52 Å². The molecule has 0 saturated carbocycles. The van der Waals surface area contributed by atoms with Crippen molar-refractivity contribution >= 4 is 22.3 Å². The molecule has 5 nitrogen and oxygen atoms in total. The van der Waals surface area contributed by atoms with E-state index in [1.54, 1.807) is 6.20 Å². The lowest BCUT2D eigenvalue weighted by Gasteiger charge is -1.84. The summed E-state index contributed by atoms with van der Waals surface area (Å²) in [6.45, 7) is 0. The van der Waals surface area contributed by atoms with Crippen LogP contribution in [0.1, 0.15) is 0 Å². The van der Waals surface area contributed by atoms with E-state index in [0.717, 1.165) is 0 Å². The fraction of sp³-hybridized carbons (Fsp3) is 0. The van der Waals surface area contributed by atoms with Crippen LogP contribution in [-0.2, 0) is 0 Å². The fourth-order valence-electron chi connectivity index (χ4n) is 1.13. The van der Waals surface area contributed by atoms with Crippen molar-refractivity contribution in [2.24, 2.45) is 0 Å². The average molecular weight is 161 g/mol. The number of aromatic nitrogens is 3. The van der Waals surface area contributed by atoms with Crippen molar-refractivity contribution in [2.75, 3.05) is 0 Å². The number of hydrogen-bond donors (Lipinski definition) is 0. The van der Waals surface area contributed by atoms with Crippen molar-refractivity contribution in [3.05, 3.63) is 19.0 Å². The Morgan fingerprint density at radius 1 is 1.00 bits per heavy atom. The third-order valence-electron chi connectivity index (χ3n) is 1.66. The largest absolute Gasteiger partial charge is 0.441 e. The Hall–Kier alpha value is -1.91. The summed E-state index contributed by atoms with van der Waals surface area (Å²) >= 11 is 0. The summed E-state index contributed by atoms with van der Waals surface area (Å²) < 4.78 is 10.1. The SMILES string of the molecule is c1nc2c(ncc3ncoc32)o1. The zero-order chi connectivity index (χ0) is 7.97. The Kier molecular flexibility index (Phi) is 0.864. The van der Waals surface area contributed by atoms with E-state index in [1.165, 1.54) is 12.8 Å². The summed E-state index contributed by atoms with van der Waals surface area (Å²) in [5.41, 5.74) is 2.40. The molecule has 12 heavy (non-hydrogen) atoms. The Labute approximate surface area is 66.0 Å². The first kappa shape index (κ1) is 5.70. The van der Waals surface area contributed by atoms with Crippen LogP contribution in [0, 0.1) is 0 Å². The Bertz CT molecular complexity index is 490. The van der Waals surface area contributed by atoms with Gasteiger partial charge in [-0.15, -0.1) is 0 Å². The second kappa shape index (κ2) is 1.82. The maximum absolute atomic E-state index is 5.12. The fourth-order valence-corrected chi connectivity index (χ4v) is 1.13. The standard InChI is InChI=1S/C7H3N3O2/c1-4-6(11-2-9-4)5-7(8-1)12-3-10-5/h1-3H. The molecule has 0 saturated heterocycles. The van der Waals surface area contributed by atoms with Crippen LogP contribution in [0.5, 0.6) is 0 Å². The monoisotopic (exact) mass is 161 g/mol. The second-order valence-corrected chi connectivity index (χ2v) is 2.33. The van der Waals surface area contributed by atoms with E-state index in [9.17, 15) is 0 Å². The topological polar surface area (TPSA) is 65.0 Å². The highest BCUT2D eigenvalue weighted by Crippen LogP contribution is 2.20. The normalized spacial score (nSPS) is 11.3. The lowest BCUT2D eigenvalue weighted by atomic mass is 10.4. The maximum atomic E-state index is 5.12. The number of hydrogen-bond acceptors (Lipinski definition) is 5. The molecule has 5 heteroatoms. The van der Waals surface area contributed by atoms with Gasteiger partial charge in [0.15, 0.2) is 23.9 Å². The Morgan fingerprint density at radius 3 is 2.92 bits per heavy atom. The minimum atomic E-state index is 0.472. The smallest absolute Gasteiger partial charge is 0.250 e. The van der Waals surface area contributed by atoms with E-state index in [-0.39, 0.29) is 0 Å². The molecule has 0 aromatic carbocycles. The van der Waals surface area contributed by atoms with Crippen molar-refractivity contribution in [1.29, 1.82) is 0 Å². The summed E-state index contributed by atoms with van der Waals surface area (Å²) in [5, 5.41) is 0. The van der Waals surface area contributed by atoms with Gasteiger partial charge in [-0.05, 0) is 0 Å². The molecule has 0 aliphatic heterocycles. The molecule has 0 bridgehead atoms. The first-order chi connectivity index (χ1) is 5.95.